The summed E-state index contributed by atoms with van der Waals surface area (Å²) in [5.41, 5.74) is -0.762. The van der Waals surface area contributed by atoms with E-state index in [0.29, 0.717) is 17.8 Å². The Balaban J connectivity index is 2.00. The Hall–Kier alpha value is -0.0800. The van der Waals surface area contributed by atoms with Gasteiger partial charge in [-0.05, 0) is 49.9 Å². The van der Waals surface area contributed by atoms with Crippen molar-refractivity contribution < 1.29 is 10.2 Å². The first-order valence-electron chi connectivity index (χ1n) is 6.92. The first-order valence-corrected chi connectivity index (χ1v) is 6.92. The standard InChI is InChI=1S/C14H26O2/c1-10-7-11(2)9-12(8-10)13(15)14(16)5-3-4-6-14/h10-13,15-16H,3-9H2,1-2H3. The Morgan fingerprint density at radius 3 is 2.00 bits per heavy atom. The third-order valence-electron chi connectivity index (χ3n) is 4.68. The molecule has 0 aromatic heterocycles. The molecule has 0 saturated heterocycles. The highest BCUT2D eigenvalue weighted by Gasteiger charge is 2.43. The van der Waals surface area contributed by atoms with Crippen LogP contribution in [-0.4, -0.2) is 21.9 Å². The second kappa shape index (κ2) is 4.66. The van der Waals surface area contributed by atoms with E-state index in [0.717, 1.165) is 38.5 Å². The highest BCUT2D eigenvalue weighted by molar-refractivity contribution is 4.95. The van der Waals surface area contributed by atoms with Gasteiger partial charge in [-0.25, -0.2) is 0 Å². The Morgan fingerprint density at radius 1 is 1.00 bits per heavy atom. The van der Waals surface area contributed by atoms with Crippen molar-refractivity contribution in [1.29, 1.82) is 0 Å². The summed E-state index contributed by atoms with van der Waals surface area (Å²) in [7, 11) is 0. The lowest BCUT2D eigenvalue weighted by Gasteiger charge is -2.40. The molecule has 2 saturated carbocycles. The Morgan fingerprint density at radius 2 is 1.50 bits per heavy atom. The number of hydrogen-bond donors (Lipinski definition) is 2. The van der Waals surface area contributed by atoms with Gasteiger partial charge in [0.15, 0.2) is 0 Å². The van der Waals surface area contributed by atoms with E-state index in [2.05, 4.69) is 13.8 Å². The van der Waals surface area contributed by atoms with Crippen LogP contribution < -0.4 is 0 Å². The molecule has 0 amide bonds. The van der Waals surface area contributed by atoms with Gasteiger partial charge < -0.3 is 10.2 Å². The maximum atomic E-state index is 10.4. The molecule has 94 valence electrons. The number of rotatable bonds is 2. The zero-order valence-electron chi connectivity index (χ0n) is 10.7. The van der Waals surface area contributed by atoms with Gasteiger partial charge in [-0.1, -0.05) is 26.7 Å². The zero-order chi connectivity index (χ0) is 11.8. The smallest absolute Gasteiger partial charge is 0.0908 e. The first kappa shape index (κ1) is 12.4. The van der Waals surface area contributed by atoms with Gasteiger partial charge in [0.05, 0.1) is 11.7 Å². The highest BCUT2D eigenvalue weighted by Crippen LogP contribution is 2.42. The molecule has 0 bridgehead atoms. The average Bonchev–Trinajstić information content (AvgIpc) is 2.64. The molecule has 0 radical (unpaired) electrons. The fraction of sp³-hybridized carbons (Fsp3) is 1.00. The fourth-order valence-corrected chi connectivity index (χ4v) is 3.99. The summed E-state index contributed by atoms with van der Waals surface area (Å²) in [6.45, 7) is 4.54. The maximum Gasteiger partial charge on any atom is 0.0908 e. The summed E-state index contributed by atoms with van der Waals surface area (Å²) in [6, 6.07) is 0. The number of hydrogen-bond acceptors (Lipinski definition) is 2. The molecule has 0 aliphatic heterocycles. The molecule has 0 heterocycles. The minimum Gasteiger partial charge on any atom is -0.390 e. The van der Waals surface area contributed by atoms with Gasteiger partial charge in [0, 0.05) is 0 Å². The topological polar surface area (TPSA) is 40.5 Å². The van der Waals surface area contributed by atoms with E-state index in [9.17, 15) is 10.2 Å². The van der Waals surface area contributed by atoms with Crippen LogP contribution in [0.2, 0.25) is 0 Å². The molecule has 3 atom stereocenters. The van der Waals surface area contributed by atoms with E-state index in [-0.39, 0.29) is 0 Å². The van der Waals surface area contributed by atoms with E-state index >= 15 is 0 Å². The predicted octanol–water partition coefficient (Wildman–Crippen LogP) is 2.72. The molecule has 2 aliphatic rings. The van der Waals surface area contributed by atoms with Crippen LogP contribution >= 0.6 is 0 Å². The summed E-state index contributed by atoms with van der Waals surface area (Å²) in [4.78, 5) is 0. The van der Waals surface area contributed by atoms with Crippen molar-refractivity contribution in [2.24, 2.45) is 17.8 Å². The lowest BCUT2D eigenvalue weighted by atomic mass is 9.71. The minimum atomic E-state index is -0.762. The van der Waals surface area contributed by atoms with Crippen molar-refractivity contribution >= 4 is 0 Å². The summed E-state index contributed by atoms with van der Waals surface area (Å²) in [6.07, 6.45) is 6.72. The molecule has 0 aromatic carbocycles. The average molecular weight is 226 g/mol. The molecule has 2 fully saturated rings. The van der Waals surface area contributed by atoms with Crippen molar-refractivity contribution in [1.82, 2.24) is 0 Å². The van der Waals surface area contributed by atoms with Gasteiger partial charge in [-0.2, -0.15) is 0 Å². The van der Waals surface area contributed by atoms with Crippen molar-refractivity contribution in [3.63, 3.8) is 0 Å². The number of aliphatic hydroxyl groups excluding tert-OH is 1. The lowest BCUT2D eigenvalue weighted by Crippen LogP contribution is -2.46. The Bertz CT molecular complexity index is 223. The molecular formula is C14H26O2. The van der Waals surface area contributed by atoms with Crippen molar-refractivity contribution in [3.8, 4) is 0 Å². The molecule has 2 rings (SSSR count). The molecule has 2 aliphatic carbocycles. The van der Waals surface area contributed by atoms with Crippen LogP contribution in [0.3, 0.4) is 0 Å². The fourth-order valence-electron chi connectivity index (χ4n) is 3.99. The van der Waals surface area contributed by atoms with Crippen LogP contribution in [0, 0.1) is 17.8 Å². The molecular weight excluding hydrogens is 200 g/mol. The third-order valence-corrected chi connectivity index (χ3v) is 4.68. The summed E-state index contributed by atoms with van der Waals surface area (Å²) in [5, 5.41) is 20.9. The van der Waals surface area contributed by atoms with Crippen LogP contribution in [-0.2, 0) is 0 Å². The van der Waals surface area contributed by atoms with Gasteiger partial charge in [0.1, 0.15) is 0 Å². The van der Waals surface area contributed by atoms with E-state index in [1.54, 1.807) is 0 Å². The summed E-state index contributed by atoms with van der Waals surface area (Å²) < 4.78 is 0. The summed E-state index contributed by atoms with van der Waals surface area (Å²) in [5.74, 6) is 1.73. The molecule has 2 N–H and O–H groups in total. The first-order chi connectivity index (χ1) is 7.51. The molecule has 2 heteroatoms. The van der Waals surface area contributed by atoms with Crippen LogP contribution in [0.5, 0.6) is 0 Å². The van der Waals surface area contributed by atoms with Crippen LogP contribution in [0.4, 0.5) is 0 Å². The normalized spacial score (nSPS) is 40.9. The van der Waals surface area contributed by atoms with Crippen LogP contribution in [0.1, 0.15) is 58.8 Å². The van der Waals surface area contributed by atoms with Crippen molar-refractivity contribution in [2.45, 2.75) is 70.5 Å². The summed E-state index contributed by atoms with van der Waals surface area (Å²) >= 11 is 0. The quantitative estimate of drug-likeness (QED) is 0.760. The van der Waals surface area contributed by atoms with E-state index in [4.69, 9.17) is 0 Å². The van der Waals surface area contributed by atoms with Crippen LogP contribution in [0.25, 0.3) is 0 Å². The second-order valence-corrected chi connectivity index (χ2v) is 6.43. The highest BCUT2D eigenvalue weighted by atomic mass is 16.3. The SMILES string of the molecule is CC1CC(C)CC(C(O)C2(O)CCCC2)C1. The molecule has 0 aromatic rings. The van der Waals surface area contributed by atoms with E-state index in [1.165, 1.54) is 6.42 Å². The van der Waals surface area contributed by atoms with Crippen molar-refractivity contribution in [2.75, 3.05) is 0 Å². The zero-order valence-corrected chi connectivity index (χ0v) is 10.7. The molecule has 2 nitrogen and oxygen atoms in total. The van der Waals surface area contributed by atoms with Gasteiger partial charge >= 0.3 is 0 Å². The maximum absolute atomic E-state index is 10.4. The van der Waals surface area contributed by atoms with Crippen LogP contribution in [0.15, 0.2) is 0 Å². The van der Waals surface area contributed by atoms with Gasteiger partial charge in [-0.15, -0.1) is 0 Å². The van der Waals surface area contributed by atoms with Gasteiger partial charge in [0.25, 0.3) is 0 Å². The predicted molar refractivity (Wildman–Crippen MR) is 65.1 cm³/mol. The van der Waals surface area contributed by atoms with Gasteiger partial charge in [0.2, 0.25) is 0 Å². The largest absolute Gasteiger partial charge is 0.390 e. The Kier molecular flexibility index (Phi) is 3.60. The Labute approximate surface area is 99.1 Å². The molecule has 16 heavy (non-hydrogen) atoms. The number of aliphatic hydroxyl groups is 2. The van der Waals surface area contributed by atoms with Crippen molar-refractivity contribution in [3.05, 3.63) is 0 Å². The minimum absolute atomic E-state index is 0.321. The van der Waals surface area contributed by atoms with E-state index in [1.807, 2.05) is 0 Å². The van der Waals surface area contributed by atoms with Gasteiger partial charge in [-0.3, -0.25) is 0 Å². The lowest BCUT2D eigenvalue weighted by molar-refractivity contribution is -0.108. The van der Waals surface area contributed by atoms with E-state index < -0.39 is 11.7 Å². The monoisotopic (exact) mass is 226 g/mol. The molecule has 3 unspecified atom stereocenters. The third kappa shape index (κ3) is 2.43. The second-order valence-electron chi connectivity index (χ2n) is 6.43. The molecule has 0 spiro atoms.